The van der Waals surface area contributed by atoms with Crippen LogP contribution in [0.4, 0.5) is 13.2 Å². The number of carboxylic acid groups (broad SMARTS) is 1. The summed E-state index contributed by atoms with van der Waals surface area (Å²) in [5.41, 5.74) is -1.27. The maximum atomic E-state index is 12.2. The Morgan fingerprint density at radius 2 is 1.75 bits per heavy atom. The Hall–Kier alpha value is -2.45. The van der Waals surface area contributed by atoms with Crippen LogP contribution < -0.4 is 14.8 Å². The summed E-state index contributed by atoms with van der Waals surface area (Å²) in [5.74, 6) is -1.96. The zero-order chi connectivity index (χ0) is 17.8. The fourth-order valence-electron chi connectivity index (χ4n) is 2.22. The number of alkyl halides is 3. The van der Waals surface area contributed by atoms with Crippen LogP contribution in [0, 0.1) is 0 Å². The van der Waals surface area contributed by atoms with Crippen molar-refractivity contribution in [1.82, 2.24) is 5.32 Å². The van der Waals surface area contributed by atoms with Gasteiger partial charge in [-0.05, 0) is 31.4 Å². The molecule has 0 bridgehead atoms. The van der Waals surface area contributed by atoms with E-state index in [4.69, 9.17) is 9.84 Å². The van der Waals surface area contributed by atoms with Crippen LogP contribution in [0.25, 0.3) is 0 Å². The molecule has 6 nitrogen and oxygen atoms in total. The topological polar surface area (TPSA) is 84.9 Å². The van der Waals surface area contributed by atoms with Crippen molar-refractivity contribution in [2.75, 3.05) is 13.2 Å². The van der Waals surface area contributed by atoms with E-state index in [-0.39, 0.29) is 11.5 Å². The van der Waals surface area contributed by atoms with Crippen LogP contribution in [0.5, 0.6) is 11.5 Å². The van der Waals surface area contributed by atoms with Crippen molar-refractivity contribution in [3.63, 3.8) is 0 Å². The van der Waals surface area contributed by atoms with Gasteiger partial charge in [0.15, 0.2) is 24.7 Å². The highest BCUT2D eigenvalue weighted by atomic mass is 19.4. The maximum absolute atomic E-state index is 12.2. The Morgan fingerprint density at radius 1 is 1.17 bits per heavy atom. The van der Waals surface area contributed by atoms with E-state index < -0.39 is 36.8 Å². The highest BCUT2D eigenvalue weighted by Gasteiger charge is 2.45. The number of hydrogen-bond acceptors (Lipinski definition) is 4. The molecule has 0 aliphatic heterocycles. The van der Waals surface area contributed by atoms with Gasteiger partial charge in [0, 0.05) is 0 Å². The standard InChI is InChI=1S/C15H16F3NO5/c16-15(17,18)9-24-11-5-2-1-4-10(11)23-8-12(20)19-14(13(21)22)6-3-7-14/h1-2,4-5H,3,6-9H2,(H,19,20)(H,21,22). The molecule has 1 fully saturated rings. The largest absolute Gasteiger partial charge is 0.480 e. The summed E-state index contributed by atoms with van der Waals surface area (Å²) < 4.78 is 46.4. The Kier molecular flexibility index (Phi) is 5.20. The summed E-state index contributed by atoms with van der Waals surface area (Å²) >= 11 is 0. The van der Waals surface area contributed by atoms with Crippen molar-refractivity contribution in [2.24, 2.45) is 0 Å². The third-order valence-corrected chi connectivity index (χ3v) is 3.59. The minimum Gasteiger partial charge on any atom is -0.480 e. The first-order valence-electron chi connectivity index (χ1n) is 7.18. The van der Waals surface area contributed by atoms with Crippen molar-refractivity contribution in [2.45, 2.75) is 31.0 Å². The van der Waals surface area contributed by atoms with E-state index in [0.717, 1.165) is 0 Å². The SMILES string of the molecule is O=C(COc1ccccc1OCC(F)(F)F)NC1(C(=O)O)CCC1. The molecule has 0 unspecified atom stereocenters. The summed E-state index contributed by atoms with van der Waals surface area (Å²) in [5, 5.41) is 11.5. The third kappa shape index (κ3) is 4.53. The number of para-hydroxylation sites is 2. The first kappa shape index (κ1) is 17.9. The van der Waals surface area contributed by atoms with Crippen LogP contribution in [-0.4, -0.2) is 41.9 Å². The molecule has 1 saturated carbocycles. The van der Waals surface area contributed by atoms with Gasteiger partial charge in [-0.25, -0.2) is 4.79 Å². The molecule has 1 aliphatic carbocycles. The van der Waals surface area contributed by atoms with Gasteiger partial charge >= 0.3 is 12.1 Å². The molecule has 132 valence electrons. The Bertz CT molecular complexity index is 613. The predicted octanol–water partition coefficient (Wildman–Crippen LogP) is 2.13. The number of carbonyl (C=O) groups is 2. The number of amides is 1. The van der Waals surface area contributed by atoms with E-state index in [9.17, 15) is 22.8 Å². The lowest BCUT2D eigenvalue weighted by Gasteiger charge is -2.38. The molecule has 2 N–H and O–H groups in total. The number of benzene rings is 1. The molecule has 0 aromatic heterocycles. The molecular weight excluding hydrogens is 331 g/mol. The second-order valence-electron chi connectivity index (χ2n) is 5.43. The molecule has 1 amide bonds. The van der Waals surface area contributed by atoms with Crippen molar-refractivity contribution in [3.8, 4) is 11.5 Å². The molecule has 0 atom stereocenters. The van der Waals surface area contributed by atoms with Crippen molar-refractivity contribution < 1.29 is 37.3 Å². The van der Waals surface area contributed by atoms with Gasteiger partial charge in [-0.1, -0.05) is 12.1 Å². The van der Waals surface area contributed by atoms with Gasteiger partial charge < -0.3 is 19.9 Å². The maximum Gasteiger partial charge on any atom is 0.422 e. The summed E-state index contributed by atoms with van der Waals surface area (Å²) in [7, 11) is 0. The van der Waals surface area contributed by atoms with Crippen molar-refractivity contribution >= 4 is 11.9 Å². The number of aliphatic carboxylic acids is 1. The minimum atomic E-state index is -4.50. The van der Waals surface area contributed by atoms with Crippen molar-refractivity contribution in [1.29, 1.82) is 0 Å². The van der Waals surface area contributed by atoms with Gasteiger partial charge in [0.1, 0.15) is 5.54 Å². The van der Waals surface area contributed by atoms with E-state index in [0.29, 0.717) is 19.3 Å². The average Bonchev–Trinajstić information content (AvgIpc) is 2.46. The van der Waals surface area contributed by atoms with Gasteiger partial charge in [0.25, 0.3) is 5.91 Å². The number of hydrogen-bond donors (Lipinski definition) is 2. The molecule has 1 aliphatic rings. The highest BCUT2D eigenvalue weighted by molar-refractivity contribution is 5.88. The zero-order valence-corrected chi connectivity index (χ0v) is 12.6. The fourth-order valence-corrected chi connectivity index (χ4v) is 2.22. The van der Waals surface area contributed by atoms with Crippen molar-refractivity contribution in [3.05, 3.63) is 24.3 Å². The monoisotopic (exact) mass is 347 g/mol. The lowest BCUT2D eigenvalue weighted by Crippen LogP contribution is -2.59. The second kappa shape index (κ2) is 6.98. The quantitative estimate of drug-likeness (QED) is 0.789. The van der Waals surface area contributed by atoms with Crippen LogP contribution in [-0.2, 0) is 9.59 Å². The van der Waals surface area contributed by atoms with E-state index in [1.165, 1.54) is 24.3 Å². The number of carbonyl (C=O) groups excluding carboxylic acids is 1. The normalized spacial score (nSPS) is 16.0. The molecule has 0 radical (unpaired) electrons. The number of rotatable bonds is 7. The van der Waals surface area contributed by atoms with E-state index in [2.05, 4.69) is 10.1 Å². The van der Waals surface area contributed by atoms with Crippen LogP contribution in [0.2, 0.25) is 0 Å². The van der Waals surface area contributed by atoms with Crippen LogP contribution in [0.3, 0.4) is 0 Å². The minimum absolute atomic E-state index is 0.0325. The number of ether oxygens (including phenoxy) is 2. The third-order valence-electron chi connectivity index (χ3n) is 3.59. The molecule has 0 heterocycles. The van der Waals surface area contributed by atoms with Crippen LogP contribution in [0.1, 0.15) is 19.3 Å². The Balaban J connectivity index is 1.92. The lowest BCUT2D eigenvalue weighted by atomic mass is 9.77. The van der Waals surface area contributed by atoms with Gasteiger partial charge in [-0.2, -0.15) is 13.2 Å². The molecule has 1 aromatic carbocycles. The number of halogens is 3. The van der Waals surface area contributed by atoms with Gasteiger partial charge in [-0.3, -0.25) is 4.79 Å². The molecule has 0 saturated heterocycles. The first-order chi connectivity index (χ1) is 11.2. The van der Waals surface area contributed by atoms with Gasteiger partial charge in [-0.15, -0.1) is 0 Å². The average molecular weight is 347 g/mol. The smallest absolute Gasteiger partial charge is 0.422 e. The van der Waals surface area contributed by atoms with E-state index in [1.54, 1.807) is 0 Å². The highest BCUT2D eigenvalue weighted by Crippen LogP contribution is 2.32. The first-order valence-corrected chi connectivity index (χ1v) is 7.18. The second-order valence-corrected chi connectivity index (χ2v) is 5.43. The van der Waals surface area contributed by atoms with Gasteiger partial charge in [0.2, 0.25) is 0 Å². The summed E-state index contributed by atoms with van der Waals surface area (Å²) in [4.78, 5) is 23.0. The Labute approximate surface area is 135 Å². The molecular formula is C15H16F3NO5. The summed E-state index contributed by atoms with van der Waals surface area (Å²) in [6.07, 6.45) is -3.14. The number of nitrogens with one attached hydrogen (secondary N) is 1. The summed E-state index contributed by atoms with van der Waals surface area (Å²) in [6, 6.07) is 5.61. The summed E-state index contributed by atoms with van der Waals surface area (Å²) in [6.45, 7) is -2.01. The zero-order valence-electron chi connectivity index (χ0n) is 12.6. The predicted molar refractivity (Wildman–Crippen MR) is 75.8 cm³/mol. The molecule has 1 aromatic rings. The Morgan fingerprint density at radius 3 is 2.21 bits per heavy atom. The van der Waals surface area contributed by atoms with E-state index in [1.807, 2.05) is 0 Å². The number of carboxylic acids is 1. The van der Waals surface area contributed by atoms with Crippen LogP contribution in [0.15, 0.2) is 24.3 Å². The molecule has 0 spiro atoms. The molecule has 9 heteroatoms. The van der Waals surface area contributed by atoms with E-state index >= 15 is 0 Å². The molecule has 2 rings (SSSR count). The van der Waals surface area contributed by atoms with Crippen LogP contribution >= 0.6 is 0 Å². The lowest BCUT2D eigenvalue weighted by molar-refractivity contribution is -0.153. The van der Waals surface area contributed by atoms with Gasteiger partial charge in [0.05, 0.1) is 0 Å². The molecule has 24 heavy (non-hydrogen) atoms. The fraction of sp³-hybridized carbons (Fsp3) is 0.467.